The summed E-state index contributed by atoms with van der Waals surface area (Å²) in [4.78, 5) is 24.8. The van der Waals surface area contributed by atoms with Crippen LogP contribution in [0, 0.1) is 0 Å². The number of hydrazone groups is 1. The third kappa shape index (κ3) is 3.78. The van der Waals surface area contributed by atoms with Crippen LogP contribution in [0.3, 0.4) is 0 Å². The molecule has 0 saturated heterocycles. The maximum Gasteiger partial charge on any atom is 0.417 e. The lowest BCUT2D eigenvalue weighted by Crippen LogP contribution is -2.28. The van der Waals surface area contributed by atoms with E-state index in [1.54, 1.807) is 31.2 Å². The zero-order valence-electron chi connectivity index (χ0n) is 14.7. The van der Waals surface area contributed by atoms with Gasteiger partial charge < -0.3 is 0 Å². The van der Waals surface area contributed by atoms with Crippen LogP contribution in [0.4, 0.5) is 13.2 Å². The molecule has 28 heavy (non-hydrogen) atoms. The number of aryl methyl sites for hydroxylation is 1. The molecule has 3 aromatic rings. The van der Waals surface area contributed by atoms with Crippen LogP contribution < -0.4 is 11.0 Å². The predicted octanol–water partition coefficient (Wildman–Crippen LogP) is 3.20. The summed E-state index contributed by atoms with van der Waals surface area (Å²) in [5, 5.41) is 8.31. The van der Waals surface area contributed by atoms with E-state index in [1.165, 1.54) is 18.2 Å². The van der Waals surface area contributed by atoms with Gasteiger partial charge in [-0.25, -0.2) is 10.1 Å². The third-order valence-corrected chi connectivity index (χ3v) is 4.02. The number of carbonyl (C=O) groups excluding carboxylic acids is 1. The zero-order chi connectivity index (χ0) is 20.3. The number of alkyl halides is 3. The van der Waals surface area contributed by atoms with Crippen LogP contribution in [0.15, 0.2) is 58.4 Å². The first-order chi connectivity index (χ1) is 13.3. The smallest absolute Gasteiger partial charge is 0.267 e. The van der Waals surface area contributed by atoms with Gasteiger partial charge >= 0.3 is 6.18 Å². The second kappa shape index (κ2) is 7.63. The van der Waals surface area contributed by atoms with E-state index in [-0.39, 0.29) is 23.4 Å². The van der Waals surface area contributed by atoms with Gasteiger partial charge in [0.15, 0.2) is 5.69 Å². The Hall–Kier alpha value is -3.49. The van der Waals surface area contributed by atoms with E-state index in [1.807, 2.05) is 0 Å². The van der Waals surface area contributed by atoms with Gasteiger partial charge in [0.1, 0.15) is 0 Å². The number of hydrogen-bond acceptors (Lipinski definition) is 4. The first-order valence-electron chi connectivity index (χ1n) is 8.32. The van der Waals surface area contributed by atoms with E-state index in [0.717, 1.165) is 17.0 Å². The summed E-state index contributed by atoms with van der Waals surface area (Å²) in [6, 6.07) is 11.3. The van der Waals surface area contributed by atoms with E-state index >= 15 is 0 Å². The Kier molecular flexibility index (Phi) is 5.25. The Balaban J connectivity index is 1.92. The first kappa shape index (κ1) is 19.3. The molecule has 0 aliphatic carbocycles. The second-order valence-corrected chi connectivity index (χ2v) is 5.80. The molecule has 0 aliphatic heterocycles. The lowest BCUT2D eigenvalue weighted by molar-refractivity contribution is -0.137. The number of rotatable bonds is 4. The highest BCUT2D eigenvalue weighted by Crippen LogP contribution is 2.31. The second-order valence-electron chi connectivity index (χ2n) is 5.80. The lowest BCUT2D eigenvalue weighted by atomic mass is 10.1. The van der Waals surface area contributed by atoms with Crippen molar-refractivity contribution >= 4 is 22.9 Å². The Labute approximate surface area is 157 Å². The van der Waals surface area contributed by atoms with Crippen LogP contribution in [-0.2, 0) is 12.7 Å². The Morgan fingerprint density at radius 3 is 2.46 bits per heavy atom. The quantitative estimate of drug-likeness (QED) is 0.551. The van der Waals surface area contributed by atoms with Crippen molar-refractivity contribution < 1.29 is 18.0 Å². The van der Waals surface area contributed by atoms with Crippen LogP contribution in [-0.4, -0.2) is 21.9 Å². The van der Waals surface area contributed by atoms with E-state index in [0.29, 0.717) is 10.8 Å². The lowest BCUT2D eigenvalue weighted by Gasteiger charge is -2.10. The molecule has 0 spiro atoms. The van der Waals surface area contributed by atoms with E-state index in [9.17, 15) is 22.8 Å². The van der Waals surface area contributed by atoms with Crippen molar-refractivity contribution in [2.24, 2.45) is 5.10 Å². The molecule has 1 amide bonds. The highest BCUT2D eigenvalue weighted by Gasteiger charge is 2.32. The molecule has 0 saturated carbocycles. The fourth-order valence-electron chi connectivity index (χ4n) is 2.70. The van der Waals surface area contributed by atoms with Crippen molar-refractivity contribution in [3.8, 4) is 0 Å². The molecule has 2 aromatic carbocycles. The number of halogens is 3. The number of nitrogens with zero attached hydrogens (tertiary/aromatic N) is 3. The predicted molar refractivity (Wildman–Crippen MR) is 98.2 cm³/mol. The van der Waals surface area contributed by atoms with Gasteiger partial charge in [0, 0.05) is 17.5 Å². The van der Waals surface area contributed by atoms with E-state index in [4.69, 9.17) is 0 Å². The molecule has 0 radical (unpaired) electrons. The number of fused-ring (bicyclic) bond motifs is 1. The topological polar surface area (TPSA) is 76.3 Å². The van der Waals surface area contributed by atoms with Crippen LogP contribution in [0.2, 0.25) is 0 Å². The number of benzene rings is 2. The zero-order valence-corrected chi connectivity index (χ0v) is 14.7. The molecule has 3 rings (SSSR count). The summed E-state index contributed by atoms with van der Waals surface area (Å²) in [5.74, 6) is -0.737. The van der Waals surface area contributed by atoms with Crippen LogP contribution in [0.25, 0.3) is 10.8 Å². The minimum atomic E-state index is -4.54. The largest absolute Gasteiger partial charge is 0.417 e. The maximum atomic E-state index is 13.0. The molecular weight excluding hydrogens is 373 g/mol. The van der Waals surface area contributed by atoms with Crippen LogP contribution >= 0.6 is 0 Å². The molecule has 0 atom stereocenters. The standard InChI is InChI=1S/C19H15F3N4O2/c1-2-26-18(28)14-9-5-4-8-13(14)16(25-26)17(27)24-23-11-12-7-3-6-10-15(12)19(20,21)22/h3-11H,2H2,1H3,(H,24,27)/b23-11-. The van der Waals surface area contributed by atoms with Gasteiger partial charge in [0.2, 0.25) is 0 Å². The summed E-state index contributed by atoms with van der Waals surface area (Å²) >= 11 is 0. The third-order valence-electron chi connectivity index (χ3n) is 4.02. The molecule has 1 N–H and O–H groups in total. The molecule has 1 heterocycles. The van der Waals surface area contributed by atoms with Gasteiger partial charge in [-0.2, -0.15) is 23.4 Å². The number of hydrogen-bond donors (Lipinski definition) is 1. The minimum Gasteiger partial charge on any atom is -0.267 e. The van der Waals surface area contributed by atoms with Gasteiger partial charge in [-0.15, -0.1) is 0 Å². The SMILES string of the molecule is CCn1nc(C(=O)N/N=C\c2ccccc2C(F)(F)F)c2ccccc2c1=O. The molecule has 9 heteroatoms. The maximum absolute atomic E-state index is 13.0. The van der Waals surface area contributed by atoms with Crippen LogP contribution in [0.5, 0.6) is 0 Å². The summed E-state index contributed by atoms with van der Waals surface area (Å²) < 4.78 is 40.1. The summed E-state index contributed by atoms with van der Waals surface area (Å²) in [6.07, 6.45) is -3.63. The molecule has 6 nitrogen and oxygen atoms in total. The van der Waals surface area contributed by atoms with Crippen molar-refractivity contribution in [3.63, 3.8) is 0 Å². The highest BCUT2D eigenvalue weighted by atomic mass is 19.4. The number of carbonyl (C=O) groups is 1. The van der Waals surface area contributed by atoms with E-state index < -0.39 is 17.6 Å². The number of aromatic nitrogens is 2. The van der Waals surface area contributed by atoms with Gasteiger partial charge in [0.05, 0.1) is 17.2 Å². The molecule has 0 bridgehead atoms. The molecule has 0 unspecified atom stereocenters. The van der Waals surface area contributed by atoms with Crippen LogP contribution in [0.1, 0.15) is 28.5 Å². The number of nitrogens with one attached hydrogen (secondary N) is 1. The Morgan fingerprint density at radius 2 is 1.79 bits per heavy atom. The fourth-order valence-corrected chi connectivity index (χ4v) is 2.70. The van der Waals surface area contributed by atoms with Crippen molar-refractivity contribution in [3.05, 3.63) is 75.7 Å². The molecule has 0 aliphatic rings. The summed E-state index contributed by atoms with van der Waals surface area (Å²) in [6.45, 7) is 1.96. The Morgan fingerprint density at radius 1 is 1.14 bits per heavy atom. The average molecular weight is 388 g/mol. The molecular formula is C19H15F3N4O2. The van der Waals surface area contributed by atoms with Gasteiger partial charge in [-0.05, 0) is 19.1 Å². The molecule has 0 fully saturated rings. The summed E-state index contributed by atoms with van der Waals surface area (Å²) in [7, 11) is 0. The average Bonchev–Trinajstić information content (AvgIpc) is 2.68. The Bertz CT molecular complexity index is 1120. The van der Waals surface area contributed by atoms with Crippen molar-refractivity contribution in [1.82, 2.24) is 15.2 Å². The van der Waals surface area contributed by atoms with Gasteiger partial charge in [0.25, 0.3) is 11.5 Å². The molecule has 1 aromatic heterocycles. The minimum absolute atomic E-state index is 0.0432. The first-order valence-corrected chi connectivity index (χ1v) is 8.32. The van der Waals surface area contributed by atoms with Gasteiger partial charge in [-0.3, -0.25) is 9.59 Å². The highest BCUT2D eigenvalue weighted by molar-refractivity contribution is 6.05. The van der Waals surface area contributed by atoms with Crippen molar-refractivity contribution in [2.45, 2.75) is 19.6 Å². The van der Waals surface area contributed by atoms with E-state index in [2.05, 4.69) is 15.6 Å². The fraction of sp³-hybridized carbons (Fsp3) is 0.158. The normalized spacial score (nSPS) is 11.9. The number of amides is 1. The monoisotopic (exact) mass is 388 g/mol. The summed E-state index contributed by atoms with van der Waals surface area (Å²) in [5.41, 5.74) is 0.742. The van der Waals surface area contributed by atoms with Gasteiger partial charge in [-0.1, -0.05) is 36.4 Å². The molecule has 144 valence electrons. The van der Waals surface area contributed by atoms with Crippen molar-refractivity contribution in [2.75, 3.05) is 0 Å². The van der Waals surface area contributed by atoms with Crippen molar-refractivity contribution in [1.29, 1.82) is 0 Å².